The van der Waals surface area contributed by atoms with E-state index in [1.54, 1.807) is 19.2 Å². The second kappa shape index (κ2) is 9.68. The fraction of sp³-hybridized carbons (Fsp3) is 0.278. The number of carbonyl (C=O) groups excluding carboxylic acids is 1. The number of benzene rings is 2. The highest BCUT2D eigenvalue weighted by atomic mass is 35.5. The highest BCUT2D eigenvalue weighted by molar-refractivity contribution is 7.89. The van der Waals surface area contributed by atoms with Crippen molar-refractivity contribution in [1.29, 1.82) is 0 Å². The molecule has 26 heavy (non-hydrogen) atoms. The van der Waals surface area contributed by atoms with Crippen molar-refractivity contribution < 1.29 is 17.9 Å². The molecule has 0 unspecified atom stereocenters. The quantitative estimate of drug-likeness (QED) is 0.638. The molecule has 0 aliphatic carbocycles. The first kappa shape index (κ1) is 20.4. The van der Waals surface area contributed by atoms with Crippen LogP contribution in [-0.4, -0.2) is 34.6 Å². The minimum Gasteiger partial charge on any atom is -0.385 e. The van der Waals surface area contributed by atoms with Crippen LogP contribution in [0.1, 0.15) is 22.3 Å². The van der Waals surface area contributed by atoms with E-state index >= 15 is 0 Å². The van der Waals surface area contributed by atoms with Gasteiger partial charge in [0.15, 0.2) is 0 Å². The van der Waals surface area contributed by atoms with Gasteiger partial charge in [0.2, 0.25) is 10.0 Å². The molecule has 2 rings (SSSR count). The van der Waals surface area contributed by atoms with Crippen LogP contribution in [0.15, 0.2) is 53.4 Å². The molecule has 0 spiro atoms. The lowest BCUT2D eigenvalue weighted by Gasteiger charge is -2.09. The summed E-state index contributed by atoms with van der Waals surface area (Å²) in [4.78, 5) is 12.4. The van der Waals surface area contributed by atoms with Gasteiger partial charge in [-0.05, 0) is 36.2 Å². The van der Waals surface area contributed by atoms with E-state index in [1.165, 1.54) is 18.2 Å². The van der Waals surface area contributed by atoms with E-state index in [2.05, 4.69) is 10.0 Å². The van der Waals surface area contributed by atoms with Crippen LogP contribution in [0.3, 0.4) is 0 Å². The maximum atomic E-state index is 12.3. The molecule has 6 nitrogen and oxygen atoms in total. The number of hydrogen-bond acceptors (Lipinski definition) is 4. The molecule has 0 aliphatic rings. The van der Waals surface area contributed by atoms with Crippen LogP contribution in [0.2, 0.25) is 5.02 Å². The molecule has 0 aromatic heterocycles. The van der Waals surface area contributed by atoms with Gasteiger partial charge in [-0.1, -0.05) is 35.9 Å². The summed E-state index contributed by atoms with van der Waals surface area (Å²) >= 11 is 6.06. The van der Waals surface area contributed by atoms with Gasteiger partial charge < -0.3 is 10.1 Å². The van der Waals surface area contributed by atoms with Crippen LogP contribution in [0.5, 0.6) is 0 Å². The smallest absolute Gasteiger partial charge is 0.251 e. The molecule has 0 saturated heterocycles. The number of methoxy groups -OCH3 is 1. The zero-order valence-corrected chi connectivity index (χ0v) is 15.9. The largest absolute Gasteiger partial charge is 0.385 e. The molecular weight excluding hydrogens is 376 g/mol. The van der Waals surface area contributed by atoms with Crippen molar-refractivity contribution in [2.45, 2.75) is 17.9 Å². The van der Waals surface area contributed by atoms with Gasteiger partial charge >= 0.3 is 0 Å². The van der Waals surface area contributed by atoms with E-state index in [9.17, 15) is 13.2 Å². The molecular formula is C18H21ClN2O4S. The van der Waals surface area contributed by atoms with Crippen molar-refractivity contribution in [2.75, 3.05) is 20.3 Å². The maximum absolute atomic E-state index is 12.3. The average molecular weight is 397 g/mol. The van der Waals surface area contributed by atoms with Crippen LogP contribution in [0.4, 0.5) is 0 Å². The summed E-state index contributed by atoms with van der Waals surface area (Å²) in [6.07, 6.45) is 0.563. The molecule has 0 saturated carbocycles. The van der Waals surface area contributed by atoms with E-state index < -0.39 is 10.0 Å². The third kappa shape index (κ3) is 5.81. The number of ether oxygens (including phenoxy) is 1. The van der Waals surface area contributed by atoms with E-state index in [0.717, 1.165) is 5.56 Å². The van der Waals surface area contributed by atoms with Gasteiger partial charge in [-0.15, -0.1) is 0 Å². The molecule has 0 atom stereocenters. The number of nitrogens with one attached hydrogen (secondary N) is 2. The topological polar surface area (TPSA) is 84.5 Å². The summed E-state index contributed by atoms with van der Waals surface area (Å²) in [7, 11) is -2.12. The van der Waals surface area contributed by atoms with Gasteiger partial charge in [0.05, 0.1) is 4.90 Å². The second-order valence-corrected chi connectivity index (χ2v) is 7.72. The van der Waals surface area contributed by atoms with Gasteiger partial charge in [-0.3, -0.25) is 4.79 Å². The van der Waals surface area contributed by atoms with Crippen LogP contribution in [0.25, 0.3) is 0 Å². The average Bonchev–Trinajstić information content (AvgIpc) is 2.64. The fourth-order valence-electron chi connectivity index (χ4n) is 2.23. The first-order chi connectivity index (χ1) is 12.4. The Morgan fingerprint density at radius 1 is 1.15 bits per heavy atom. The van der Waals surface area contributed by atoms with Gasteiger partial charge in [0.25, 0.3) is 5.91 Å². The standard InChI is InChI=1S/C18H21ClN2O4S/c1-25-11-5-10-21-26(23,24)16-8-4-7-14(12-16)18(22)20-13-15-6-2-3-9-17(15)19/h2-4,6-9,12,21H,5,10-11,13H2,1H3,(H,20,22). The lowest BCUT2D eigenvalue weighted by Crippen LogP contribution is -2.26. The number of halogens is 1. The number of hydrogen-bond donors (Lipinski definition) is 2. The van der Waals surface area contributed by atoms with Crippen molar-refractivity contribution >= 4 is 27.5 Å². The molecule has 140 valence electrons. The van der Waals surface area contributed by atoms with Crippen LogP contribution >= 0.6 is 11.6 Å². The Balaban J connectivity index is 2.03. The highest BCUT2D eigenvalue weighted by Gasteiger charge is 2.16. The first-order valence-electron chi connectivity index (χ1n) is 8.04. The van der Waals surface area contributed by atoms with Crippen LogP contribution in [-0.2, 0) is 21.3 Å². The lowest BCUT2D eigenvalue weighted by atomic mass is 10.2. The molecule has 2 aromatic rings. The third-order valence-corrected chi connectivity index (χ3v) is 5.45. The number of carbonyl (C=O) groups is 1. The Morgan fingerprint density at radius 2 is 1.92 bits per heavy atom. The van der Waals surface area contributed by atoms with Gasteiger partial charge in [-0.25, -0.2) is 13.1 Å². The van der Waals surface area contributed by atoms with E-state index in [4.69, 9.17) is 16.3 Å². The SMILES string of the molecule is COCCCNS(=O)(=O)c1cccc(C(=O)NCc2ccccc2Cl)c1. The molecule has 0 heterocycles. The lowest BCUT2D eigenvalue weighted by molar-refractivity contribution is 0.0950. The molecule has 2 N–H and O–H groups in total. The van der Waals surface area contributed by atoms with Crippen molar-refractivity contribution in [1.82, 2.24) is 10.0 Å². The van der Waals surface area contributed by atoms with Gasteiger partial charge in [0, 0.05) is 37.4 Å². The van der Waals surface area contributed by atoms with Crippen molar-refractivity contribution in [2.24, 2.45) is 0 Å². The Bertz CT molecular complexity index is 856. The molecule has 0 radical (unpaired) electrons. The van der Waals surface area contributed by atoms with Crippen molar-refractivity contribution in [3.8, 4) is 0 Å². The molecule has 0 aliphatic heterocycles. The summed E-state index contributed by atoms with van der Waals surface area (Å²) in [5, 5.41) is 3.30. The Labute approximate surface area is 158 Å². The zero-order chi connectivity index (χ0) is 19.0. The molecule has 1 amide bonds. The highest BCUT2D eigenvalue weighted by Crippen LogP contribution is 2.15. The fourth-order valence-corrected chi connectivity index (χ4v) is 3.55. The van der Waals surface area contributed by atoms with Gasteiger partial charge in [-0.2, -0.15) is 0 Å². The predicted octanol–water partition coefficient (Wildman–Crippen LogP) is 2.58. The number of sulfonamides is 1. The minimum absolute atomic E-state index is 0.0420. The summed E-state index contributed by atoms with van der Waals surface area (Å²) < 4.78 is 32.0. The molecule has 2 aromatic carbocycles. The first-order valence-corrected chi connectivity index (χ1v) is 9.90. The summed E-state index contributed by atoms with van der Waals surface area (Å²) in [5.74, 6) is -0.374. The van der Waals surface area contributed by atoms with Crippen molar-refractivity contribution in [3.05, 3.63) is 64.7 Å². The second-order valence-electron chi connectivity index (χ2n) is 5.55. The summed E-state index contributed by atoms with van der Waals surface area (Å²) in [6.45, 7) is 0.983. The van der Waals surface area contributed by atoms with Crippen LogP contribution in [0, 0.1) is 0 Å². The molecule has 0 bridgehead atoms. The molecule has 0 fully saturated rings. The number of amides is 1. The van der Waals surface area contributed by atoms with E-state index in [-0.39, 0.29) is 29.5 Å². The summed E-state index contributed by atoms with van der Waals surface area (Å²) in [5.41, 5.74) is 1.04. The minimum atomic E-state index is -3.68. The maximum Gasteiger partial charge on any atom is 0.251 e. The van der Waals surface area contributed by atoms with Crippen LogP contribution < -0.4 is 10.0 Å². The Morgan fingerprint density at radius 3 is 2.65 bits per heavy atom. The monoisotopic (exact) mass is 396 g/mol. The zero-order valence-electron chi connectivity index (χ0n) is 14.4. The van der Waals surface area contributed by atoms with Crippen molar-refractivity contribution in [3.63, 3.8) is 0 Å². The van der Waals surface area contributed by atoms with E-state index in [1.807, 2.05) is 18.2 Å². The molecule has 8 heteroatoms. The summed E-state index contributed by atoms with van der Waals surface area (Å²) in [6, 6.07) is 13.1. The number of rotatable bonds is 9. The van der Waals surface area contributed by atoms with Gasteiger partial charge in [0.1, 0.15) is 0 Å². The Kier molecular flexibility index (Phi) is 7.59. The third-order valence-electron chi connectivity index (χ3n) is 3.62. The van der Waals surface area contributed by atoms with E-state index in [0.29, 0.717) is 18.1 Å². The Hall–Kier alpha value is -1.93. The predicted molar refractivity (Wildman–Crippen MR) is 101 cm³/mol. The normalized spacial score (nSPS) is 11.3.